The number of nitrogens with one attached hydrogen (secondary N) is 2. The molecule has 33 heavy (non-hydrogen) atoms. The van der Waals surface area contributed by atoms with Gasteiger partial charge in [-0.3, -0.25) is 19.3 Å². The van der Waals surface area contributed by atoms with E-state index in [1.807, 2.05) is 0 Å². The summed E-state index contributed by atoms with van der Waals surface area (Å²) in [7, 11) is 3.08. The Labute approximate surface area is 191 Å². The summed E-state index contributed by atoms with van der Waals surface area (Å²) >= 11 is 0. The van der Waals surface area contributed by atoms with E-state index in [-0.39, 0.29) is 30.7 Å². The zero-order valence-corrected chi connectivity index (χ0v) is 18.4. The van der Waals surface area contributed by atoms with Crippen LogP contribution in [0.2, 0.25) is 0 Å². The highest BCUT2D eigenvalue weighted by atomic mass is 19.3. The average molecular weight is 453 g/mol. The summed E-state index contributed by atoms with van der Waals surface area (Å²) in [5.74, 6) is -0.663. The number of carbonyl (C=O) groups is 3. The number of alkyl halides is 2. The lowest BCUT2D eigenvalue weighted by atomic mass is 9.94. The Balaban J connectivity index is 1.90. The second kappa shape index (κ2) is 10.8. The molecule has 0 spiro atoms. The van der Waals surface area contributed by atoms with Gasteiger partial charge in [-0.25, -0.2) is 8.78 Å². The maximum absolute atomic E-state index is 13.1. The first-order chi connectivity index (χ1) is 15.8. The predicted molar refractivity (Wildman–Crippen MR) is 123 cm³/mol. The fraction of sp³-hybridized carbons (Fsp3) is 0.240. The van der Waals surface area contributed by atoms with Crippen LogP contribution in [0.5, 0.6) is 0 Å². The Morgan fingerprint density at radius 1 is 0.848 bits per heavy atom. The third-order valence-corrected chi connectivity index (χ3v) is 5.25. The maximum Gasteiger partial charge on any atom is 0.251 e. The van der Waals surface area contributed by atoms with Crippen LogP contribution in [-0.4, -0.2) is 62.7 Å². The quantitative estimate of drug-likeness (QED) is 0.660. The Morgan fingerprint density at radius 2 is 1.24 bits per heavy atom. The minimum Gasteiger partial charge on any atom is -0.355 e. The minimum absolute atomic E-state index is 0.104. The molecule has 0 aliphatic carbocycles. The first kappa shape index (κ1) is 24.0. The zero-order chi connectivity index (χ0) is 24.0. The molecule has 1 heterocycles. The molecule has 0 radical (unpaired) electrons. The summed E-state index contributed by atoms with van der Waals surface area (Å²) in [6, 6.07) is 13.4. The molecule has 172 valence electrons. The van der Waals surface area contributed by atoms with Crippen molar-refractivity contribution in [2.24, 2.45) is 0 Å². The van der Waals surface area contributed by atoms with Gasteiger partial charge >= 0.3 is 0 Å². The van der Waals surface area contributed by atoms with Gasteiger partial charge in [0.05, 0.1) is 6.54 Å². The average Bonchev–Trinajstić information content (AvgIpc) is 2.81. The molecule has 2 N–H and O–H groups in total. The summed E-state index contributed by atoms with van der Waals surface area (Å²) in [4.78, 5) is 38.1. The predicted octanol–water partition coefficient (Wildman–Crippen LogP) is 3.02. The van der Waals surface area contributed by atoms with Crippen LogP contribution in [0.1, 0.15) is 31.8 Å². The van der Waals surface area contributed by atoms with E-state index in [0.29, 0.717) is 33.4 Å². The van der Waals surface area contributed by atoms with Crippen molar-refractivity contribution >= 4 is 29.7 Å². The molecule has 1 aliphatic heterocycles. The number of rotatable bonds is 6. The number of hydrogen-bond acceptors (Lipinski definition) is 4. The minimum atomic E-state index is -2.53. The summed E-state index contributed by atoms with van der Waals surface area (Å²) in [6.07, 6.45) is 0.797. The molecule has 1 saturated heterocycles. The SMILES string of the molecule is CNC(=O)c1ccc(C=C2CN(CC(F)F)CC(=Cc3ccc(C(=O)NC)cc3)C2=O)cc1. The molecule has 0 unspecified atom stereocenters. The van der Waals surface area contributed by atoms with Crippen molar-refractivity contribution in [3.8, 4) is 0 Å². The van der Waals surface area contributed by atoms with E-state index < -0.39 is 13.0 Å². The summed E-state index contributed by atoms with van der Waals surface area (Å²) < 4.78 is 26.2. The molecule has 1 aliphatic rings. The van der Waals surface area contributed by atoms with Crippen LogP contribution >= 0.6 is 0 Å². The van der Waals surface area contributed by atoms with E-state index in [0.717, 1.165) is 0 Å². The lowest BCUT2D eigenvalue weighted by Crippen LogP contribution is -2.40. The second-order valence-corrected chi connectivity index (χ2v) is 7.63. The molecule has 1 fully saturated rings. The van der Waals surface area contributed by atoms with Crippen LogP contribution in [-0.2, 0) is 4.79 Å². The first-order valence-corrected chi connectivity index (χ1v) is 10.4. The van der Waals surface area contributed by atoms with Gasteiger partial charge in [0.2, 0.25) is 0 Å². The number of amides is 2. The molecule has 6 nitrogen and oxygen atoms in total. The van der Waals surface area contributed by atoms with Crippen LogP contribution in [0.15, 0.2) is 59.7 Å². The van der Waals surface area contributed by atoms with Crippen molar-refractivity contribution < 1.29 is 23.2 Å². The van der Waals surface area contributed by atoms with Crippen LogP contribution in [0, 0.1) is 0 Å². The standard InChI is InChI=1S/C25H25F2N3O3/c1-28-24(32)18-7-3-16(4-8-18)11-20-13-30(15-22(26)27)14-21(23(20)31)12-17-5-9-19(10-6-17)25(33)29-2/h3-12,22H,13-15H2,1-2H3,(H,28,32)(H,29,33). The number of Topliss-reactive ketones (excluding diaryl/α,β-unsaturated/α-hetero) is 1. The monoisotopic (exact) mass is 453 g/mol. The Hall–Kier alpha value is -3.65. The summed E-state index contributed by atoms with van der Waals surface area (Å²) in [5, 5.41) is 5.08. The van der Waals surface area contributed by atoms with E-state index in [9.17, 15) is 23.2 Å². The van der Waals surface area contributed by atoms with Gasteiger partial charge in [-0.2, -0.15) is 0 Å². The molecule has 2 amide bonds. The third-order valence-electron chi connectivity index (χ3n) is 5.25. The maximum atomic E-state index is 13.1. The highest BCUT2D eigenvalue weighted by molar-refractivity contribution is 6.14. The lowest BCUT2D eigenvalue weighted by Gasteiger charge is -2.29. The van der Waals surface area contributed by atoms with Gasteiger partial charge in [0.25, 0.3) is 18.2 Å². The molecule has 8 heteroatoms. The topological polar surface area (TPSA) is 78.5 Å². The largest absolute Gasteiger partial charge is 0.355 e. The van der Waals surface area contributed by atoms with Crippen molar-refractivity contribution in [3.05, 3.63) is 81.9 Å². The van der Waals surface area contributed by atoms with E-state index in [1.165, 1.54) is 19.0 Å². The van der Waals surface area contributed by atoms with Gasteiger partial charge in [-0.15, -0.1) is 0 Å². The molecule has 3 rings (SSSR count). The first-order valence-electron chi connectivity index (χ1n) is 10.4. The van der Waals surface area contributed by atoms with Gasteiger partial charge in [0, 0.05) is 49.5 Å². The molecule has 2 aromatic carbocycles. The molecular formula is C25H25F2N3O3. The van der Waals surface area contributed by atoms with Crippen molar-refractivity contribution in [1.29, 1.82) is 0 Å². The number of likely N-dealkylation sites (tertiary alicyclic amines) is 1. The molecule has 0 atom stereocenters. The second-order valence-electron chi connectivity index (χ2n) is 7.63. The van der Waals surface area contributed by atoms with Gasteiger partial charge in [0.15, 0.2) is 5.78 Å². The Morgan fingerprint density at radius 3 is 1.58 bits per heavy atom. The Kier molecular flexibility index (Phi) is 7.84. The highest BCUT2D eigenvalue weighted by Crippen LogP contribution is 2.23. The van der Waals surface area contributed by atoms with E-state index in [1.54, 1.807) is 60.7 Å². The number of hydrogen-bond donors (Lipinski definition) is 2. The molecule has 0 aromatic heterocycles. The van der Waals surface area contributed by atoms with Crippen LogP contribution in [0.3, 0.4) is 0 Å². The van der Waals surface area contributed by atoms with Crippen LogP contribution < -0.4 is 10.6 Å². The fourth-order valence-corrected chi connectivity index (χ4v) is 3.59. The molecule has 2 aromatic rings. The number of halogens is 2. The van der Waals surface area contributed by atoms with Gasteiger partial charge in [-0.1, -0.05) is 24.3 Å². The van der Waals surface area contributed by atoms with Crippen molar-refractivity contribution in [2.75, 3.05) is 33.7 Å². The molecule has 0 saturated carbocycles. The summed E-state index contributed by atoms with van der Waals surface area (Å²) in [5.41, 5.74) is 3.13. The summed E-state index contributed by atoms with van der Waals surface area (Å²) in [6.45, 7) is -0.242. The van der Waals surface area contributed by atoms with Crippen LogP contribution in [0.25, 0.3) is 12.2 Å². The smallest absolute Gasteiger partial charge is 0.251 e. The highest BCUT2D eigenvalue weighted by Gasteiger charge is 2.27. The number of nitrogens with zero attached hydrogens (tertiary/aromatic N) is 1. The molecule has 0 bridgehead atoms. The van der Waals surface area contributed by atoms with E-state index in [2.05, 4.69) is 10.6 Å². The van der Waals surface area contributed by atoms with E-state index >= 15 is 0 Å². The number of benzene rings is 2. The van der Waals surface area contributed by atoms with Gasteiger partial charge in [0.1, 0.15) is 0 Å². The van der Waals surface area contributed by atoms with Crippen molar-refractivity contribution in [2.45, 2.75) is 6.43 Å². The fourth-order valence-electron chi connectivity index (χ4n) is 3.59. The van der Waals surface area contributed by atoms with Crippen LogP contribution in [0.4, 0.5) is 8.78 Å². The van der Waals surface area contributed by atoms with Crippen molar-refractivity contribution in [1.82, 2.24) is 15.5 Å². The zero-order valence-electron chi connectivity index (χ0n) is 18.4. The van der Waals surface area contributed by atoms with Crippen molar-refractivity contribution in [3.63, 3.8) is 0 Å². The third kappa shape index (κ3) is 6.20. The Bertz CT molecular complexity index is 1010. The number of carbonyl (C=O) groups excluding carboxylic acids is 3. The van der Waals surface area contributed by atoms with E-state index in [4.69, 9.17) is 0 Å². The lowest BCUT2D eigenvalue weighted by molar-refractivity contribution is -0.113. The number of ketones is 1. The normalized spacial score (nSPS) is 16.9. The number of piperidine rings is 1. The van der Waals surface area contributed by atoms with Gasteiger partial charge in [-0.05, 0) is 47.5 Å². The van der Waals surface area contributed by atoms with Gasteiger partial charge < -0.3 is 10.6 Å². The molecular weight excluding hydrogens is 428 g/mol.